The third-order valence-corrected chi connectivity index (χ3v) is 2.95. The molecular formula is C17H18F2N2O3. The fraction of sp³-hybridized carbons (Fsp3) is 0.294. The molecule has 7 heteroatoms. The van der Waals surface area contributed by atoms with Crippen molar-refractivity contribution < 1.29 is 23.0 Å². The molecular weight excluding hydrogens is 318 g/mol. The molecule has 1 N–H and O–H groups in total. The zero-order valence-corrected chi connectivity index (χ0v) is 13.3. The van der Waals surface area contributed by atoms with Crippen LogP contribution in [0, 0.1) is 0 Å². The first-order valence-electron chi connectivity index (χ1n) is 7.39. The summed E-state index contributed by atoms with van der Waals surface area (Å²) >= 11 is 0. The average Bonchev–Trinajstić information content (AvgIpc) is 2.53. The van der Waals surface area contributed by atoms with E-state index in [1.54, 1.807) is 24.4 Å². The Morgan fingerprint density at radius 1 is 1.17 bits per heavy atom. The van der Waals surface area contributed by atoms with Gasteiger partial charge in [-0.2, -0.15) is 8.78 Å². The topological polar surface area (TPSA) is 60.5 Å². The van der Waals surface area contributed by atoms with Crippen LogP contribution in [0.1, 0.15) is 29.8 Å². The van der Waals surface area contributed by atoms with Crippen LogP contribution in [0.25, 0.3) is 0 Å². The number of hydrogen-bond donors (Lipinski definition) is 1. The van der Waals surface area contributed by atoms with Gasteiger partial charge in [-0.15, -0.1) is 0 Å². The van der Waals surface area contributed by atoms with Crippen molar-refractivity contribution in [3.8, 4) is 11.6 Å². The van der Waals surface area contributed by atoms with E-state index in [0.29, 0.717) is 5.88 Å². The molecule has 24 heavy (non-hydrogen) atoms. The first-order valence-corrected chi connectivity index (χ1v) is 7.39. The number of pyridine rings is 1. The van der Waals surface area contributed by atoms with Crippen LogP contribution in [-0.4, -0.2) is 23.6 Å². The number of carbonyl (C=O) groups is 1. The maximum Gasteiger partial charge on any atom is 0.387 e. The highest BCUT2D eigenvalue weighted by atomic mass is 19.3. The Kier molecular flexibility index (Phi) is 6.06. The molecule has 1 aromatic heterocycles. The van der Waals surface area contributed by atoms with Gasteiger partial charge in [-0.05, 0) is 31.5 Å². The zero-order chi connectivity index (χ0) is 17.5. The summed E-state index contributed by atoms with van der Waals surface area (Å²) in [6, 6.07) is 9.31. The summed E-state index contributed by atoms with van der Waals surface area (Å²) in [7, 11) is 0. The lowest BCUT2D eigenvalue weighted by Crippen LogP contribution is -2.24. The maximum atomic E-state index is 12.4. The standard InChI is InChI=1S/C17H18F2N2O3/c1-11(2)23-15-8-7-12(9-20-15)10-21-16(22)13-5-3-4-6-14(13)24-17(18)19/h3-9,11,17H,10H2,1-2H3,(H,21,22). The lowest BCUT2D eigenvalue weighted by molar-refractivity contribution is -0.0501. The number of para-hydroxylation sites is 1. The predicted molar refractivity (Wildman–Crippen MR) is 84.2 cm³/mol. The van der Waals surface area contributed by atoms with Crippen molar-refractivity contribution in [1.29, 1.82) is 0 Å². The van der Waals surface area contributed by atoms with Gasteiger partial charge in [-0.1, -0.05) is 18.2 Å². The summed E-state index contributed by atoms with van der Waals surface area (Å²) in [5, 5.41) is 2.64. The van der Waals surface area contributed by atoms with Crippen LogP contribution in [0.2, 0.25) is 0 Å². The van der Waals surface area contributed by atoms with Crippen molar-refractivity contribution in [1.82, 2.24) is 10.3 Å². The Balaban J connectivity index is 1.98. The van der Waals surface area contributed by atoms with Crippen LogP contribution in [0.5, 0.6) is 11.6 Å². The van der Waals surface area contributed by atoms with Gasteiger partial charge in [0.15, 0.2) is 0 Å². The van der Waals surface area contributed by atoms with E-state index in [9.17, 15) is 13.6 Å². The summed E-state index contributed by atoms with van der Waals surface area (Å²) in [4.78, 5) is 16.3. The Bertz CT molecular complexity index is 676. The van der Waals surface area contributed by atoms with E-state index in [1.807, 2.05) is 13.8 Å². The highest BCUT2D eigenvalue weighted by Crippen LogP contribution is 2.20. The van der Waals surface area contributed by atoms with E-state index in [0.717, 1.165) is 5.56 Å². The molecule has 128 valence electrons. The molecule has 0 saturated heterocycles. The van der Waals surface area contributed by atoms with E-state index in [4.69, 9.17) is 4.74 Å². The van der Waals surface area contributed by atoms with Gasteiger partial charge in [-0.3, -0.25) is 4.79 Å². The Hall–Kier alpha value is -2.70. The molecule has 0 atom stereocenters. The highest BCUT2D eigenvalue weighted by Gasteiger charge is 2.15. The second kappa shape index (κ2) is 8.24. The van der Waals surface area contributed by atoms with Crippen molar-refractivity contribution in [2.75, 3.05) is 0 Å². The molecule has 0 aliphatic rings. The first kappa shape index (κ1) is 17.7. The van der Waals surface area contributed by atoms with Crippen molar-refractivity contribution in [2.24, 2.45) is 0 Å². The summed E-state index contributed by atoms with van der Waals surface area (Å²) < 4.78 is 34.5. The second-order valence-corrected chi connectivity index (χ2v) is 5.23. The van der Waals surface area contributed by atoms with Gasteiger partial charge in [0.2, 0.25) is 5.88 Å². The number of ether oxygens (including phenoxy) is 2. The lowest BCUT2D eigenvalue weighted by atomic mass is 10.2. The number of nitrogens with one attached hydrogen (secondary N) is 1. The molecule has 5 nitrogen and oxygen atoms in total. The molecule has 0 fully saturated rings. The highest BCUT2D eigenvalue weighted by molar-refractivity contribution is 5.96. The van der Waals surface area contributed by atoms with Crippen LogP contribution in [-0.2, 0) is 6.54 Å². The molecule has 0 saturated carbocycles. The van der Waals surface area contributed by atoms with Gasteiger partial charge in [0.1, 0.15) is 5.75 Å². The number of alkyl halides is 2. The zero-order valence-electron chi connectivity index (χ0n) is 13.3. The second-order valence-electron chi connectivity index (χ2n) is 5.23. The molecule has 1 heterocycles. The van der Waals surface area contributed by atoms with Crippen molar-refractivity contribution >= 4 is 5.91 Å². The predicted octanol–water partition coefficient (Wildman–Crippen LogP) is 3.40. The minimum atomic E-state index is -2.99. The van der Waals surface area contributed by atoms with Gasteiger partial charge in [0.25, 0.3) is 5.91 Å². The number of nitrogens with zero attached hydrogens (tertiary/aromatic N) is 1. The van der Waals surface area contributed by atoms with Gasteiger partial charge < -0.3 is 14.8 Å². The summed E-state index contributed by atoms with van der Waals surface area (Å²) in [6.45, 7) is 1.01. The molecule has 2 rings (SSSR count). The molecule has 0 unspecified atom stereocenters. The normalized spacial score (nSPS) is 10.8. The largest absolute Gasteiger partial charge is 0.475 e. The third-order valence-electron chi connectivity index (χ3n) is 2.95. The van der Waals surface area contributed by atoms with Gasteiger partial charge in [0.05, 0.1) is 11.7 Å². The number of amides is 1. The Labute approximate surface area is 138 Å². The van der Waals surface area contributed by atoms with Crippen LogP contribution < -0.4 is 14.8 Å². The van der Waals surface area contributed by atoms with Gasteiger partial charge in [0, 0.05) is 18.8 Å². The SMILES string of the molecule is CC(C)Oc1ccc(CNC(=O)c2ccccc2OC(F)F)cn1. The number of halogens is 2. The average molecular weight is 336 g/mol. The minimum absolute atomic E-state index is 0.0226. The van der Waals surface area contributed by atoms with Crippen LogP contribution in [0.15, 0.2) is 42.6 Å². The molecule has 0 bridgehead atoms. The van der Waals surface area contributed by atoms with Crippen LogP contribution in [0.4, 0.5) is 8.78 Å². The molecule has 2 aromatic rings. The van der Waals surface area contributed by atoms with E-state index < -0.39 is 12.5 Å². The number of hydrogen-bond acceptors (Lipinski definition) is 4. The summed E-state index contributed by atoms with van der Waals surface area (Å²) in [5.41, 5.74) is 0.803. The molecule has 1 aromatic carbocycles. The smallest absolute Gasteiger partial charge is 0.387 e. The van der Waals surface area contributed by atoms with Gasteiger partial charge >= 0.3 is 6.61 Å². The first-order chi connectivity index (χ1) is 11.5. The minimum Gasteiger partial charge on any atom is -0.475 e. The van der Waals surface area contributed by atoms with E-state index >= 15 is 0 Å². The summed E-state index contributed by atoms with van der Waals surface area (Å²) in [5.74, 6) is -0.173. The van der Waals surface area contributed by atoms with Crippen molar-refractivity contribution in [3.05, 3.63) is 53.7 Å². The van der Waals surface area contributed by atoms with Crippen molar-refractivity contribution in [3.63, 3.8) is 0 Å². The molecule has 1 amide bonds. The molecule has 0 radical (unpaired) electrons. The summed E-state index contributed by atoms with van der Waals surface area (Å²) in [6.07, 6.45) is 1.61. The Morgan fingerprint density at radius 2 is 1.92 bits per heavy atom. The maximum absolute atomic E-state index is 12.4. The Morgan fingerprint density at radius 3 is 2.54 bits per heavy atom. The van der Waals surface area contributed by atoms with Gasteiger partial charge in [-0.25, -0.2) is 4.98 Å². The quantitative estimate of drug-likeness (QED) is 0.842. The third kappa shape index (κ3) is 5.19. The van der Waals surface area contributed by atoms with E-state index in [-0.39, 0.29) is 24.0 Å². The number of carbonyl (C=O) groups excluding carboxylic acids is 1. The van der Waals surface area contributed by atoms with E-state index in [1.165, 1.54) is 18.2 Å². The molecule has 0 aliphatic heterocycles. The van der Waals surface area contributed by atoms with E-state index in [2.05, 4.69) is 15.0 Å². The molecule has 0 aliphatic carbocycles. The lowest BCUT2D eigenvalue weighted by Gasteiger charge is -2.11. The monoisotopic (exact) mass is 336 g/mol. The fourth-order valence-electron chi connectivity index (χ4n) is 1.96. The molecule has 0 spiro atoms. The van der Waals surface area contributed by atoms with Crippen LogP contribution in [0.3, 0.4) is 0 Å². The number of aromatic nitrogens is 1. The van der Waals surface area contributed by atoms with Crippen molar-refractivity contribution in [2.45, 2.75) is 33.1 Å². The van der Waals surface area contributed by atoms with Crippen LogP contribution >= 0.6 is 0 Å². The number of rotatable bonds is 7. The fourth-order valence-corrected chi connectivity index (χ4v) is 1.96. The number of benzene rings is 1.